The van der Waals surface area contributed by atoms with Gasteiger partial charge in [0.05, 0.1) is 12.0 Å². The van der Waals surface area contributed by atoms with Gasteiger partial charge in [-0.3, -0.25) is 4.79 Å². The van der Waals surface area contributed by atoms with Gasteiger partial charge in [0.2, 0.25) is 0 Å². The summed E-state index contributed by atoms with van der Waals surface area (Å²) in [5.41, 5.74) is 0.382. The third-order valence-corrected chi connectivity index (χ3v) is 6.27. The zero-order chi connectivity index (χ0) is 17.3. The largest absolute Gasteiger partial charge is 0.486 e. The van der Waals surface area contributed by atoms with Crippen molar-refractivity contribution in [2.45, 2.75) is 63.0 Å². The Kier molecular flexibility index (Phi) is 4.67. The van der Waals surface area contributed by atoms with E-state index in [0.717, 1.165) is 42.4 Å². The van der Waals surface area contributed by atoms with Crippen molar-refractivity contribution >= 4 is 23.1 Å². The Morgan fingerprint density at radius 1 is 1.16 bits per heavy atom. The van der Waals surface area contributed by atoms with E-state index in [2.05, 4.69) is 10.2 Å². The normalized spacial score (nSPS) is 23.0. The molecular weight excluding hydrogens is 332 g/mol. The van der Waals surface area contributed by atoms with Gasteiger partial charge >= 0.3 is 0 Å². The maximum atomic E-state index is 12.5. The molecule has 2 fully saturated rings. The van der Waals surface area contributed by atoms with Crippen molar-refractivity contribution in [2.75, 3.05) is 13.1 Å². The quantitative estimate of drug-likeness (QED) is 0.776. The van der Waals surface area contributed by atoms with Crippen LogP contribution in [0.2, 0.25) is 0 Å². The zero-order valence-electron chi connectivity index (χ0n) is 14.6. The number of carbonyl (C=O) groups is 1. The van der Waals surface area contributed by atoms with Crippen molar-refractivity contribution in [1.29, 1.82) is 0 Å². The number of ketones is 1. The SMILES string of the molecule is O=C1CC2(CCN(C(=S)NC3CCCCC3)CC2)Oc2ccccc21. The van der Waals surface area contributed by atoms with E-state index < -0.39 is 0 Å². The molecule has 0 bridgehead atoms. The molecule has 1 N–H and O–H groups in total. The van der Waals surface area contributed by atoms with Crippen molar-refractivity contribution in [3.8, 4) is 5.75 Å². The predicted octanol–water partition coefficient (Wildman–Crippen LogP) is 3.69. The highest BCUT2D eigenvalue weighted by molar-refractivity contribution is 7.80. The number of fused-ring (bicyclic) bond motifs is 1. The van der Waals surface area contributed by atoms with Gasteiger partial charge < -0.3 is 15.0 Å². The molecule has 25 heavy (non-hydrogen) atoms. The number of nitrogens with zero attached hydrogens (tertiary/aromatic N) is 1. The maximum Gasteiger partial charge on any atom is 0.170 e. The fourth-order valence-electron chi connectivity index (χ4n) is 4.35. The third kappa shape index (κ3) is 3.52. The first-order valence-corrected chi connectivity index (χ1v) is 9.93. The number of ether oxygens (including phenoxy) is 1. The predicted molar refractivity (Wildman–Crippen MR) is 102 cm³/mol. The van der Waals surface area contributed by atoms with Gasteiger partial charge in [-0.1, -0.05) is 31.4 Å². The molecule has 1 aromatic carbocycles. The van der Waals surface area contributed by atoms with Crippen LogP contribution in [0.15, 0.2) is 24.3 Å². The van der Waals surface area contributed by atoms with Crippen LogP contribution in [0.25, 0.3) is 0 Å². The van der Waals surface area contributed by atoms with E-state index in [0.29, 0.717) is 12.5 Å². The number of likely N-dealkylation sites (tertiary alicyclic amines) is 1. The van der Waals surface area contributed by atoms with Crippen LogP contribution in [0.4, 0.5) is 0 Å². The number of hydrogen-bond acceptors (Lipinski definition) is 3. The van der Waals surface area contributed by atoms with E-state index in [9.17, 15) is 4.79 Å². The summed E-state index contributed by atoms with van der Waals surface area (Å²) in [6.45, 7) is 1.71. The molecule has 1 aliphatic carbocycles. The fourth-order valence-corrected chi connectivity index (χ4v) is 4.70. The number of rotatable bonds is 1. The lowest BCUT2D eigenvalue weighted by atomic mass is 9.82. The van der Waals surface area contributed by atoms with E-state index in [-0.39, 0.29) is 11.4 Å². The first-order chi connectivity index (χ1) is 12.2. The number of hydrogen-bond donors (Lipinski definition) is 1. The Bertz CT molecular complexity index is 661. The van der Waals surface area contributed by atoms with Gasteiger partial charge in [-0.2, -0.15) is 0 Å². The van der Waals surface area contributed by atoms with Crippen LogP contribution in [-0.4, -0.2) is 40.5 Å². The molecule has 1 saturated heterocycles. The minimum atomic E-state index is -0.345. The van der Waals surface area contributed by atoms with Crippen LogP contribution in [-0.2, 0) is 0 Å². The lowest BCUT2D eigenvalue weighted by molar-refractivity contribution is 0.00348. The number of thiocarbonyl (C=S) groups is 1. The Morgan fingerprint density at radius 2 is 1.88 bits per heavy atom. The third-order valence-electron chi connectivity index (χ3n) is 5.89. The average Bonchev–Trinajstić information content (AvgIpc) is 2.63. The molecule has 134 valence electrons. The summed E-state index contributed by atoms with van der Waals surface area (Å²) in [4.78, 5) is 14.8. The molecule has 0 aromatic heterocycles. The molecule has 4 nitrogen and oxygen atoms in total. The van der Waals surface area contributed by atoms with Crippen LogP contribution in [0.1, 0.15) is 61.7 Å². The van der Waals surface area contributed by atoms with Crippen molar-refractivity contribution in [2.24, 2.45) is 0 Å². The Morgan fingerprint density at radius 3 is 2.64 bits per heavy atom. The number of nitrogens with one attached hydrogen (secondary N) is 1. The lowest BCUT2D eigenvalue weighted by Crippen LogP contribution is -2.55. The summed E-state index contributed by atoms with van der Waals surface area (Å²) in [6.07, 6.45) is 8.60. The van der Waals surface area contributed by atoms with E-state index in [4.69, 9.17) is 17.0 Å². The summed E-state index contributed by atoms with van der Waals surface area (Å²) >= 11 is 5.64. The van der Waals surface area contributed by atoms with Gasteiger partial charge in [0, 0.05) is 32.0 Å². The number of benzene rings is 1. The molecule has 0 unspecified atom stereocenters. The number of Topliss-reactive ketones (excluding diaryl/α,β-unsaturated/α-hetero) is 1. The maximum absolute atomic E-state index is 12.5. The second kappa shape index (κ2) is 6.94. The zero-order valence-corrected chi connectivity index (χ0v) is 15.4. The van der Waals surface area contributed by atoms with E-state index in [1.165, 1.54) is 32.1 Å². The molecule has 2 aliphatic heterocycles. The molecule has 0 amide bonds. The number of carbonyl (C=O) groups excluding carboxylic acids is 1. The molecule has 0 atom stereocenters. The molecule has 3 aliphatic rings. The standard InChI is InChI=1S/C20H26N2O2S/c23-17-14-20(24-18-9-5-4-8-16(17)18)10-12-22(13-11-20)19(25)21-15-6-2-1-3-7-15/h4-5,8-9,15H,1-3,6-7,10-14H2,(H,21,25). The number of para-hydroxylation sites is 1. The van der Waals surface area contributed by atoms with Crippen molar-refractivity contribution in [1.82, 2.24) is 10.2 Å². The van der Waals surface area contributed by atoms with Crippen LogP contribution < -0.4 is 10.1 Å². The Hall–Kier alpha value is -1.62. The molecule has 2 heterocycles. The summed E-state index contributed by atoms with van der Waals surface area (Å²) in [5.74, 6) is 0.952. The lowest BCUT2D eigenvalue weighted by Gasteiger charge is -2.45. The Balaban J connectivity index is 1.37. The molecule has 4 rings (SSSR count). The van der Waals surface area contributed by atoms with Gasteiger partial charge in [-0.15, -0.1) is 0 Å². The molecule has 0 radical (unpaired) electrons. The second-order valence-electron chi connectivity index (χ2n) is 7.65. The fraction of sp³-hybridized carbons (Fsp3) is 0.600. The highest BCUT2D eigenvalue weighted by Crippen LogP contribution is 2.39. The first kappa shape index (κ1) is 16.8. The summed E-state index contributed by atoms with van der Waals surface area (Å²) in [6, 6.07) is 8.15. The van der Waals surface area contributed by atoms with E-state index >= 15 is 0 Å². The smallest absolute Gasteiger partial charge is 0.170 e. The van der Waals surface area contributed by atoms with Crippen molar-refractivity contribution < 1.29 is 9.53 Å². The first-order valence-electron chi connectivity index (χ1n) is 9.52. The van der Waals surface area contributed by atoms with Crippen molar-refractivity contribution in [3.63, 3.8) is 0 Å². The van der Waals surface area contributed by atoms with E-state index in [1.807, 2.05) is 24.3 Å². The van der Waals surface area contributed by atoms with Crippen LogP contribution in [0, 0.1) is 0 Å². The van der Waals surface area contributed by atoms with Gasteiger partial charge in [0.25, 0.3) is 0 Å². The van der Waals surface area contributed by atoms with E-state index in [1.54, 1.807) is 0 Å². The van der Waals surface area contributed by atoms with Gasteiger partial charge in [-0.05, 0) is 37.2 Å². The molecule has 1 aromatic rings. The van der Waals surface area contributed by atoms with Crippen molar-refractivity contribution in [3.05, 3.63) is 29.8 Å². The average molecular weight is 359 g/mol. The monoisotopic (exact) mass is 358 g/mol. The van der Waals surface area contributed by atoms with Crippen LogP contribution >= 0.6 is 12.2 Å². The molecule has 1 spiro atoms. The topological polar surface area (TPSA) is 41.6 Å². The molecule has 5 heteroatoms. The minimum absolute atomic E-state index is 0.207. The van der Waals surface area contributed by atoms with Crippen LogP contribution in [0.5, 0.6) is 5.75 Å². The van der Waals surface area contributed by atoms with Gasteiger partial charge in [0.15, 0.2) is 10.9 Å². The van der Waals surface area contributed by atoms with Crippen LogP contribution in [0.3, 0.4) is 0 Å². The Labute approximate surface area is 154 Å². The number of piperidine rings is 1. The highest BCUT2D eigenvalue weighted by atomic mass is 32.1. The van der Waals surface area contributed by atoms with Gasteiger partial charge in [-0.25, -0.2) is 0 Å². The molecular formula is C20H26N2O2S. The summed E-state index contributed by atoms with van der Waals surface area (Å²) in [5, 5.41) is 4.43. The minimum Gasteiger partial charge on any atom is -0.486 e. The highest BCUT2D eigenvalue weighted by Gasteiger charge is 2.43. The second-order valence-corrected chi connectivity index (χ2v) is 8.04. The molecule has 1 saturated carbocycles. The summed E-state index contributed by atoms with van der Waals surface area (Å²) in [7, 11) is 0. The summed E-state index contributed by atoms with van der Waals surface area (Å²) < 4.78 is 6.30. The van der Waals surface area contributed by atoms with Gasteiger partial charge in [0.1, 0.15) is 11.4 Å².